The largest absolute Gasteiger partial charge is 0.456 e. The van der Waals surface area contributed by atoms with Crippen molar-refractivity contribution in [2.24, 2.45) is 0 Å². The van der Waals surface area contributed by atoms with Gasteiger partial charge >= 0.3 is 0 Å². The summed E-state index contributed by atoms with van der Waals surface area (Å²) in [7, 11) is 0. The lowest BCUT2D eigenvalue weighted by atomic mass is 9.80. The molecular weight excluding hydrogens is 743 g/mol. The Morgan fingerprint density at radius 2 is 0.934 bits per heavy atom. The van der Waals surface area contributed by atoms with E-state index in [1.54, 1.807) is 0 Å². The summed E-state index contributed by atoms with van der Waals surface area (Å²) in [5, 5.41) is 7.24. The fourth-order valence-corrected chi connectivity index (χ4v) is 10.1. The van der Waals surface area contributed by atoms with E-state index in [-0.39, 0.29) is 0 Å². The molecule has 0 spiro atoms. The van der Waals surface area contributed by atoms with Gasteiger partial charge < -0.3 is 13.7 Å². The maximum Gasteiger partial charge on any atom is 0.136 e. The number of anilines is 3. The first-order chi connectivity index (χ1) is 30.2. The zero-order chi connectivity index (χ0) is 40.3. The molecule has 0 saturated heterocycles. The third-order valence-electron chi connectivity index (χ3n) is 13.1. The summed E-state index contributed by atoms with van der Waals surface area (Å²) in [6, 6.07) is 70.4. The predicted molar refractivity (Wildman–Crippen MR) is 255 cm³/mol. The first-order valence-electron chi connectivity index (χ1n) is 21.7. The first-order valence-corrected chi connectivity index (χ1v) is 21.7. The van der Waals surface area contributed by atoms with Gasteiger partial charge in [-0.1, -0.05) is 147 Å². The molecular formula is C58H43NO2. The van der Waals surface area contributed by atoms with Crippen LogP contribution < -0.4 is 4.90 Å². The molecule has 0 unspecified atom stereocenters. The molecule has 0 amide bonds. The van der Waals surface area contributed by atoms with Crippen molar-refractivity contribution in [2.75, 3.05) is 4.90 Å². The lowest BCUT2D eigenvalue weighted by molar-refractivity contribution is 0.445. The summed E-state index contributed by atoms with van der Waals surface area (Å²) >= 11 is 0. The predicted octanol–water partition coefficient (Wildman–Crippen LogP) is 17.2. The van der Waals surface area contributed by atoms with E-state index in [9.17, 15) is 0 Å². The molecule has 292 valence electrons. The molecule has 0 atom stereocenters. The Labute approximate surface area is 355 Å². The molecule has 3 nitrogen and oxygen atoms in total. The van der Waals surface area contributed by atoms with Crippen molar-refractivity contribution in [1.82, 2.24) is 0 Å². The van der Waals surface area contributed by atoms with Crippen molar-refractivity contribution in [3.05, 3.63) is 200 Å². The van der Waals surface area contributed by atoms with E-state index in [4.69, 9.17) is 8.83 Å². The maximum atomic E-state index is 6.35. The van der Waals surface area contributed by atoms with Crippen LogP contribution in [0.3, 0.4) is 0 Å². The van der Waals surface area contributed by atoms with Crippen molar-refractivity contribution < 1.29 is 8.83 Å². The van der Waals surface area contributed by atoms with Crippen LogP contribution in [0.1, 0.15) is 43.6 Å². The number of hydrogen-bond donors (Lipinski definition) is 0. The summed E-state index contributed by atoms with van der Waals surface area (Å²) in [5.41, 5.74) is 15.4. The van der Waals surface area contributed by atoms with Crippen LogP contribution in [0.5, 0.6) is 0 Å². The molecule has 1 aliphatic carbocycles. The van der Waals surface area contributed by atoms with E-state index in [0.717, 1.165) is 83.2 Å². The van der Waals surface area contributed by atoms with Gasteiger partial charge in [-0.3, -0.25) is 0 Å². The zero-order valence-corrected chi connectivity index (χ0v) is 33.9. The Balaban J connectivity index is 1.01. The summed E-state index contributed by atoms with van der Waals surface area (Å²) in [5.74, 6) is 0.578. The van der Waals surface area contributed by atoms with Crippen LogP contribution in [0.15, 0.2) is 203 Å². The number of para-hydroxylation sites is 3. The highest BCUT2D eigenvalue weighted by Crippen LogP contribution is 2.47. The maximum absolute atomic E-state index is 6.35. The van der Waals surface area contributed by atoms with Crippen molar-refractivity contribution >= 4 is 71.7 Å². The van der Waals surface area contributed by atoms with Crippen LogP contribution in [0, 0.1) is 0 Å². The number of hydrogen-bond acceptors (Lipinski definition) is 3. The van der Waals surface area contributed by atoms with E-state index >= 15 is 0 Å². The smallest absolute Gasteiger partial charge is 0.136 e. The van der Waals surface area contributed by atoms with Crippen LogP contribution in [-0.4, -0.2) is 0 Å². The van der Waals surface area contributed by atoms with Crippen molar-refractivity contribution in [2.45, 2.75) is 38.0 Å². The second-order valence-electron chi connectivity index (χ2n) is 16.7. The molecule has 0 aliphatic heterocycles. The van der Waals surface area contributed by atoms with Gasteiger partial charge in [0.2, 0.25) is 0 Å². The molecule has 9 aromatic carbocycles. The second kappa shape index (κ2) is 14.7. The van der Waals surface area contributed by atoms with Crippen molar-refractivity contribution in [3.8, 4) is 33.4 Å². The molecule has 0 N–H and O–H groups in total. The highest BCUT2D eigenvalue weighted by atomic mass is 16.3. The Morgan fingerprint density at radius 1 is 0.377 bits per heavy atom. The van der Waals surface area contributed by atoms with Gasteiger partial charge in [0.1, 0.15) is 22.3 Å². The molecule has 12 rings (SSSR count). The lowest BCUT2D eigenvalue weighted by Crippen LogP contribution is -2.11. The van der Waals surface area contributed by atoms with E-state index in [1.165, 1.54) is 59.6 Å². The van der Waals surface area contributed by atoms with Crippen LogP contribution in [-0.2, 0) is 0 Å². The van der Waals surface area contributed by atoms with Gasteiger partial charge in [0.05, 0.1) is 5.69 Å². The number of nitrogens with zero attached hydrogens (tertiary/aromatic N) is 1. The Morgan fingerprint density at radius 3 is 1.66 bits per heavy atom. The molecule has 0 radical (unpaired) electrons. The number of furan rings is 2. The van der Waals surface area contributed by atoms with Gasteiger partial charge in [-0.05, 0) is 130 Å². The number of fused-ring (bicyclic) bond motifs is 7. The Bertz CT molecular complexity index is 3410. The van der Waals surface area contributed by atoms with Crippen LogP contribution in [0.4, 0.5) is 17.1 Å². The minimum atomic E-state index is 0.578. The average Bonchev–Trinajstić information content (AvgIpc) is 3.90. The van der Waals surface area contributed by atoms with Crippen molar-refractivity contribution in [1.29, 1.82) is 0 Å². The van der Waals surface area contributed by atoms with Gasteiger partial charge in [-0.15, -0.1) is 0 Å². The normalized spacial score (nSPS) is 13.5. The van der Waals surface area contributed by atoms with Crippen LogP contribution in [0.25, 0.3) is 88.0 Å². The monoisotopic (exact) mass is 785 g/mol. The van der Waals surface area contributed by atoms with Crippen molar-refractivity contribution in [3.63, 3.8) is 0 Å². The Kier molecular flexibility index (Phi) is 8.59. The number of benzene rings is 9. The third-order valence-corrected chi connectivity index (χ3v) is 13.1. The fourth-order valence-electron chi connectivity index (χ4n) is 10.1. The van der Waals surface area contributed by atoms with E-state index in [0.29, 0.717) is 5.92 Å². The molecule has 3 heteroatoms. The number of rotatable bonds is 7. The minimum absolute atomic E-state index is 0.578. The highest BCUT2D eigenvalue weighted by Gasteiger charge is 2.23. The highest BCUT2D eigenvalue weighted by molar-refractivity contribution is 6.07. The summed E-state index contributed by atoms with van der Waals surface area (Å²) in [4.78, 5) is 2.44. The Hall–Kier alpha value is -7.36. The molecule has 61 heavy (non-hydrogen) atoms. The van der Waals surface area contributed by atoms with Crippen LogP contribution in [0.2, 0.25) is 0 Å². The first kappa shape index (κ1) is 35.6. The fraction of sp³-hybridized carbons (Fsp3) is 0.103. The molecule has 11 aromatic rings. The van der Waals surface area contributed by atoms with E-state index in [1.807, 2.05) is 24.3 Å². The van der Waals surface area contributed by atoms with Gasteiger partial charge in [0.25, 0.3) is 0 Å². The summed E-state index contributed by atoms with van der Waals surface area (Å²) in [6.45, 7) is 0. The van der Waals surface area contributed by atoms with E-state index in [2.05, 4.69) is 175 Å². The summed E-state index contributed by atoms with van der Waals surface area (Å²) < 4.78 is 12.7. The van der Waals surface area contributed by atoms with Crippen LogP contribution >= 0.6 is 0 Å². The molecule has 1 aliphatic rings. The minimum Gasteiger partial charge on any atom is -0.456 e. The topological polar surface area (TPSA) is 29.5 Å². The van der Waals surface area contributed by atoms with E-state index < -0.39 is 0 Å². The second-order valence-corrected chi connectivity index (χ2v) is 16.7. The standard InChI is InChI=1S/C58H43NO2/c1-2-13-39(14-3-1)46-22-11-15-40-16-12-23-52(58(40)46)47-19-4-7-24-53(47)59(44-31-27-38(28-32-44)42-29-33-50-48-20-5-8-25-54(48)60-56(50)36-42)45-18-10-17-41(35-45)43-30-34-51-49-21-6-9-26-55(49)61-57(51)37-43/h4-12,15-37,39H,1-3,13-14H2. The molecule has 2 heterocycles. The quantitative estimate of drug-likeness (QED) is 0.161. The summed E-state index contributed by atoms with van der Waals surface area (Å²) in [6.07, 6.45) is 6.45. The third kappa shape index (κ3) is 6.19. The van der Waals surface area contributed by atoms with Gasteiger partial charge in [-0.25, -0.2) is 0 Å². The van der Waals surface area contributed by atoms with Gasteiger partial charge in [0, 0.05) is 38.5 Å². The molecule has 1 saturated carbocycles. The average molecular weight is 786 g/mol. The molecule has 0 bridgehead atoms. The van der Waals surface area contributed by atoms with Gasteiger partial charge in [-0.2, -0.15) is 0 Å². The SMILES string of the molecule is c1cc(-c2ccc3c(c2)oc2ccccc23)cc(N(c2ccc(-c3ccc4c(c3)oc3ccccc34)cc2)c2ccccc2-c2cccc3cccc(C4CCCCC4)c23)c1. The lowest BCUT2D eigenvalue weighted by Gasteiger charge is -2.29. The zero-order valence-electron chi connectivity index (χ0n) is 33.9. The molecule has 2 aromatic heterocycles. The van der Waals surface area contributed by atoms with Gasteiger partial charge in [0.15, 0.2) is 0 Å². The molecule has 1 fully saturated rings.